The summed E-state index contributed by atoms with van der Waals surface area (Å²) in [6.07, 6.45) is 1.77. The van der Waals surface area contributed by atoms with Gasteiger partial charge in [-0.25, -0.2) is 0 Å². The number of esters is 1. The van der Waals surface area contributed by atoms with Gasteiger partial charge in [0.15, 0.2) is 0 Å². The minimum absolute atomic E-state index is 0.150. The molecule has 0 bridgehead atoms. The Morgan fingerprint density at radius 1 is 0.963 bits per heavy atom. The second kappa shape index (κ2) is 9.05. The molecule has 4 heteroatoms. The number of benzene rings is 2. The van der Waals surface area contributed by atoms with E-state index in [4.69, 9.17) is 4.74 Å². The first-order valence-electron chi connectivity index (χ1n) is 9.80. The molecule has 1 heterocycles. The van der Waals surface area contributed by atoms with Gasteiger partial charge in [0.1, 0.15) is 0 Å². The predicted octanol–water partition coefficient (Wildman–Crippen LogP) is 3.72. The van der Waals surface area contributed by atoms with Gasteiger partial charge in [-0.3, -0.25) is 9.69 Å². The summed E-state index contributed by atoms with van der Waals surface area (Å²) in [7, 11) is 1.48. The highest BCUT2D eigenvalue weighted by atomic mass is 16.5. The zero-order valence-corrected chi connectivity index (χ0v) is 16.4. The van der Waals surface area contributed by atoms with Crippen LogP contribution in [0.3, 0.4) is 0 Å². The zero-order chi connectivity index (χ0) is 19.1. The van der Waals surface area contributed by atoms with E-state index in [0.717, 1.165) is 51.1 Å². The normalized spacial score (nSPS) is 17.3. The van der Waals surface area contributed by atoms with Gasteiger partial charge in [-0.15, -0.1) is 0 Å². The molecule has 1 unspecified atom stereocenters. The Morgan fingerprint density at radius 3 is 2.15 bits per heavy atom. The molecular formula is C23H30N2O2. The highest BCUT2D eigenvalue weighted by molar-refractivity contribution is 5.82. The van der Waals surface area contributed by atoms with Gasteiger partial charge in [0, 0.05) is 31.9 Å². The molecule has 1 saturated heterocycles. The van der Waals surface area contributed by atoms with E-state index < -0.39 is 5.41 Å². The number of carbonyl (C=O) groups excluding carboxylic acids is 1. The summed E-state index contributed by atoms with van der Waals surface area (Å²) in [5, 5.41) is 0. The third-order valence-corrected chi connectivity index (χ3v) is 5.69. The molecular weight excluding hydrogens is 336 g/mol. The van der Waals surface area contributed by atoms with Crippen molar-refractivity contribution in [2.24, 2.45) is 0 Å². The van der Waals surface area contributed by atoms with Crippen LogP contribution in [-0.2, 0) is 14.9 Å². The molecule has 27 heavy (non-hydrogen) atoms. The predicted molar refractivity (Wildman–Crippen MR) is 110 cm³/mol. The number of hydrogen-bond acceptors (Lipinski definition) is 4. The van der Waals surface area contributed by atoms with Crippen LogP contribution in [0, 0.1) is 0 Å². The van der Waals surface area contributed by atoms with Crippen LogP contribution < -0.4 is 4.90 Å². The minimum atomic E-state index is -0.581. The van der Waals surface area contributed by atoms with Crippen molar-refractivity contribution in [1.29, 1.82) is 0 Å². The third-order valence-electron chi connectivity index (χ3n) is 5.69. The average molecular weight is 367 g/mol. The van der Waals surface area contributed by atoms with Gasteiger partial charge in [0.2, 0.25) is 0 Å². The van der Waals surface area contributed by atoms with Crippen LogP contribution in [0.4, 0.5) is 5.69 Å². The summed E-state index contributed by atoms with van der Waals surface area (Å²) in [5.41, 5.74) is 1.76. The van der Waals surface area contributed by atoms with Crippen LogP contribution in [0.2, 0.25) is 0 Å². The monoisotopic (exact) mass is 366 g/mol. The topological polar surface area (TPSA) is 32.8 Å². The number of nitrogens with zero attached hydrogens (tertiary/aromatic N) is 2. The van der Waals surface area contributed by atoms with E-state index in [1.54, 1.807) is 0 Å². The van der Waals surface area contributed by atoms with Crippen LogP contribution >= 0.6 is 0 Å². The summed E-state index contributed by atoms with van der Waals surface area (Å²) >= 11 is 0. The lowest BCUT2D eigenvalue weighted by Gasteiger charge is -2.36. The van der Waals surface area contributed by atoms with Crippen LogP contribution in [0.5, 0.6) is 0 Å². The minimum Gasteiger partial charge on any atom is -0.468 e. The number of carbonyl (C=O) groups is 1. The molecule has 1 aliphatic rings. The van der Waals surface area contributed by atoms with E-state index in [9.17, 15) is 4.79 Å². The summed E-state index contributed by atoms with van der Waals surface area (Å²) in [4.78, 5) is 17.4. The molecule has 1 aliphatic heterocycles. The standard InChI is InChI=1S/C23H30N2O2/c1-23(22(26)27-2,20-10-5-3-6-11-20)14-9-15-24-16-18-25(19-17-24)21-12-7-4-8-13-21/h3-8,10-13H,9,14-19H2,1-2H3. The molecule has 0 radical (unpaired) electrons. The first kappa shape index (κ1) is 19.4. The van der Waals surface area contributed by atoms with Gasteiger partial charge in [0.25, 0.3) is 0 Å². The van der Waals surface area contributed by atoms with E-state index in [2.05, 4.69) is 40.1 Å². The van der Waals surface area contributed by atoms with Crippen molar-refractivity contribution in [3.63, 3.8) is 0 Å². The highest BCUT2D eigenvalue weighted by Crippen LogP contribution is 2.30. The second-order valence-electron chi connectivity index (χ2n) is 7.46. The lowest BCUT2D eigenvalue weighted by atomic mass is 9.78. The van der Waals surface area contributed by atoms with E-state index in [1.165, 1.54) is 12.8 Å². The molecule has 1 fully saturated rings. The van der Waals surface area contributed by atoms with Gasteiger partial charge in [-0.05, 0) is 44.0 Å². The van der Waals surface area contributed by atoms with Crippen LogP contribution in [0.1, 0.15) is 25.3 Å². The van der Waals surface area contributed by atoms with Crippen molar-refractivity contribution in [3.05, 3.63) is 66.2 Å². The lowest BCUT2D eigenvalue weighted by Crippen LogP contribution is -2.47. The molecule has 3 rings (SSSR count). The Hall–Kier alpha value is -2.33. The van der Waals surface area contributed by atoms with Gasteiger partial charge in [-0.2, -0.15) is 0 Å². The Kier molecular flexibility index (Phi) is 6.51. The van der Waals surface area contributed by atoms with E-state index in [1.807, 2.05) is 37.3 Å². The SMILES string of the molecule is COC(=O)C(C)(CCCN1CCN(c2ccccc2)CC1)c1ccccc1. The maximum absolute atomic E-state index is 12.5. The molecule has 144 valence electrons. The highest BCUT2D eigenvalue weighted by Gasteiger charge is 2.35. The number of anilines is 1. The smallest absolute Gasteiger partial charge is 0.315 e. The van der Waals surface area contributed by atoms with Crippen LogP contribution in [-0.4, -0.2) is 50.7 Å². The van der Waals surface area contributed by atoms with Crippen molar-refractivity contribution in [2.75, 3.05) is 44.7 Å². The van der Waals surface area contributed by atoms with Crippen molar-refractivity contribution in [1.82, 2.24) is 4.90 Å². The number of rotatable bonds is 7. The number of piperazine rings is 1. The van der Waals surface area contributed by atoms with Gasteiger partial charge >= 0.3 is 5.97 Å². The molecule has 0 saturated carbocycles. The lowest BCUT2D eigenvalue weighted by molar-refractivity contribution is -0.147. The first-order valence-corrected chi connectivity index (χ1v) is 9.80. The summed E-state index contributed by atoms with van der Waals surface area (Å²) in [6.45, 7) is 7.25. The molecule has 0 aromatic heterocycles. The molecule has 4 nitrogen and oxygen atoms in total. The van der Waals surface area contributed by atoms with Gasteiger partial charge in [-0.1, -0.05) is 48.5 Å². The summed E-state index contributed by atoms with van der Waals surface area (Å²) < 4.78 is 5.12. The Labute approximate surface area is 162 Å². The maximum atomic E-state index is 12.5. The molecule has 0 N–H and O–H groups in total. The number of para-hydroxylation sites is 1. The number of hydrogen-bond donors (Lipinski definition) is 0. The molecule has 0 spiro atoms. The molecule has 0 amide bonds. The first-order chi connectivity index (χ1) is 13.1. The van der Waals surface area contributed by atoms with Gasteiger partial charge in [0.05, 0.1) is 12.5 Å². The average Bonchev–Trinajstić information content (AvgIpc) is 2.74. The number of ether oxygens (including phenoxy) is 1. The van der Waals surface area contributed by atoms with Crippen LogP contribution in [0.15, 0.2) is 60.7 Å². The van der Waals surface area contributed by atoms with E-state index >= 15 is 0 Å². The Bertz CT molecular complexity index is 712. The fourth-order valence-electron chi connectivity index (χ4n) is 3.92. The molecule has 2 aromatic carbocycles. The van der Waals surface area contributed by atoms with Gasteiger partial charge < -0.3 is 9.64 Å². The second-order valence-corrected chi connectivity index (χ2v) is 7.46. The van der Waals surface area contributed by atoms with Crippen molar-refractivity contribution in [3.8, 4) is 0 Å². The third kappa shape index (κ3) is 4.69. The zero-order valence-electron chi connectivity index (χ0n) is 16.4. The maximum Gasteiger partial charge on any atom is 0.315 e. The summed E-state index contributed by atoms with van der Waals surface area (Å²) in [6, 6.07) is 20.6. The molecule has 1 atom stereocenters. The van der Waals surface area contributed by atoms with Crippen molar-refractivity contribution < 1.29 is 9.53 Å². The summed E-state index contributed by atoms with van der Waals surface area (Å²) in [5.74, 6) is -0.150. The van der Waals surface area contributed by atoms with Crippen LogP contribution in [0.25, 0.3) is 0 Å². The fraction of sp³-hybridized carbons (Fsp3) is 0.435. The largest absolute Gasteiger partial charge is 0.468 e. The molecule has 2 aromatic rings. The van der Waals surface area contributed by atoms with Crippen molar-refractivity contribution in [2.45, 2.75) is 25.2 Å². The van der Waals surface area contributed by atoms with E-state index in [0.29, 0.717) is 0 Å². The quantitative estimate of drug-likeness (QED) is 0.699. The number of methoxy groups -OCH3 is 1. The Balaban J connectivity index is 1.52. The van der Waals surface area contributed by atoms with Crippen molar-refractivity contribution >= 4 is 11.7 Å². The fourth-order valence-corrected chi connectivity index (χ4v) is 3.92. The Morgan fingerprint density at radius 2 is 1.56 bits per heavy atom. The molecule has 0 aliphatic carbocycles. The van der Waals surface area contributed by atoms with E-state index in [-0.39, 0.29) is 5.97 Å².